The van der Waals surface area contributed by atoms with Crippen LogP contribution in [0.3, 0.4) is 0 Å². The lowest BCUT2D eigenvalue weighted by Crippen LogP contribution is -2.35. The molecule has 0 aliphatic rings. The van der Waals surface area contributed by atoms with Crippen molar-refractivity contribution < 1.29 is 14.7 Å². The Hall–Kier alpha value is -1.88. The van der Waals surface area contributed by atoms with Crippen LogP contribution in [-0.4, -0.2) is 30.1 Å². The molecule has 1 unspecified atom stereocenters. The highest BCUT2D eigenvalue weighted by Crippen LogP contribution is 2.10. The fourth-order valence-electron chi connectivity index (χ4n) is 1.90. The molecule has 0 spiro atoms. The number of carboxylic acids is 1. The summed E-state index contributed by atoms with van der Waals surface area (Å²) >= 11 is 0. The topological polar surface area (TPSA) is 92.4 Å². The Morgan fingerprint density at radius 1 is 1.25 bits per heavy atom. The first kappa shape index (κ1) is 16.2. The molecule has 1 amide bonds. The Kier molecular flexibility index (Phi) is 6.18. The van der Waals surface area contributed by atoms with Crippen LogP contribution in [0.1, 0.15) is 29.8 Å². The molecule has 0 aromatic heterocycles. The largest absolute Gasteiger partial charge is 0.481 e. The van der Waals surface area contributed by atoms with Crippen molar-refractivity contribution in [2.45, 2.75) is 20.3 Å². The quantitative estimate of drug-likeness (QED) is 0.700. The first-order valence-electron chi connectivity index (χ1n) is 6.75. The van der Waals surface area contributed by atoms with Gasteiger partial charge in [0.2, 0.25) is 0 Å². The zero-order valence-corrected chi connectivity index (χ0v) is 11.9. The van der Waals surface area contributed by atoms with Crippen LogP contribution in [0.25, 0.3) is 0 Å². The average molecular weight is 278 g/mol. The molecule has 1 rings (SSSR count). The molecule has 1 atom stereocenters. The maximum Gasteiger partial charge on any atom is 0.308 e. The van der Waals surface area contributed by atoms with Gasteiger partial charge in [0, 0.05) is 12.1 Å². The number of carbonyl (C=O) groups excluding carboxylic acids is 1. The van der Waals surface area contributed by atoms with Crippen LogP contribution in [-0.2, 0) is 11.2 Å². The van der Waals surface area contributed by atoms with E-state index >= 15 is 0 Å². The normalized spacial score (nSPS) is 12.2. The number of nitrogens with one attached hydrogen (secondary N) is 1. The predicted octanol–water partition coefficient (Wildman–Crippen LogP) is 1.27. The number of carbonyl (C=O) groups is 2. The van der Waals surface area contributed by atoms with Crippen molar-refractivity contribution in [1.29, 1.82) is 0 Å². The van der Waals surface area contributed by atoms with Crippen molar-refractivity contribution in [3.05, 3.63) is 35.4 Å². The van der Waals surface area contributed by atoms with E-state index in [1.165, 1.54) is 0 Å². The molecule has 0 aliphatic carbocycles. The summed E-state index contributed by atoms with van der Waals surface area (Å²) in [6.07, 6.45) is 0.774. The zero-order chi connectivity index (χ0) is 15.1. The van der Waals surface area contributed by atoms with Gasteiger partial charge in [-0.15, -0.1) is 0 Å². The predicted molar refractivity (Wildman–Crippen MR) is 77.5 cm³/mol. The maximum atomic E-state index is 11.9. The molecule has 5 heteroatoms. The molecule has 0 radical (unpaired) electrons. The van der Waals surface area contributed by atoms with Gasteiger partial charge >= 0.3 is 5.97 Å². The summed E-state index contributed by atoms with van der Waals surface area (Å²) in [5, 5.41) is 11.7. The number of hydrogen-bond donors (Lipinski definition) is 3. The molecule has 0 aliphatic heterocycles. The Morgan fingerprint density at radius 2 is 1.85 bits per heavy atom. The molecule has 0 fully saturated rings. The molecule has 1 aromatic carbocycles. The van der Waals surface area contributed by atoms with Gasteiger partial charge in [-0.3, -0.25) is 9.59 Å². The van der Waals surface area contributed by atoms with E-state index in [9.17, 15) is 9.59 Å². The Morgan fingerprint density at radius 3 is 2.30 bits per heavy atom. The first-order valence-corrected chi connectivity index (χ1v) is 6.75. The summed E-state index contributed by atoms with van der Waals surface area (Å²) in [6, 6.07) is 7.18. The number of carboxylic acid groups (broad SMARTS) is 1. The molecular weight excluding hydrogens is 256 g/mol. The van der Waals surface area contributed by atoms with Crippen LogP contribution < -0.4 is 11.1 Å². The molecule has 5 nitrogen and oxygen atoms in total. The summed E-state index contributed by atoms with van der Waals surface area (Å²) in [5.74, 6) is -1.75. The number of nitrogens with two attached hydrogens (primary N) is 1. The number of amides is 1. The second-order valence-electron chi connectivity index (χ2n) is 5.13. The number of hydrogen-bond acceptors (Lipinski definition) is 3. The maximum absolute atomic E-state index is 11.9. The SMILES string of the molecule is CC(C)C(CNC(=O)c1ccc(CCN)cc1)C(=O)O. The van der Waals surface area contributed by atoms with Gasteiger partial charge in [0.15, 0.2) is 0 Å². The molecule has 0 bridgehead atoms. The Labute approximate surface area is 119 Å². The number of aliphatic carboxylic acids is 1. The van der Waals surface area contributed by atoms with E-state index in [0.717, 1.165) is 12.0 Å². The van der Waals surface area contributed by atoms with Crippen LogP contribution in [0.2, 0.25) is 0 Å². The lowest BCUT2D eigenvalue weighted by molar-refractivity contribution is -0.142. The van der Waals surface area contributed by atoms with Gasteiger partial charge in [-0.05, 0) is 36.6 Å². The van der Waals surface area contributed by atoms with Gasteiger partial charge in [0.05, 0.1) is 5.92 Å². The number of benzene rings is 1. The summed E-state index contributed by atoms with van der Waals surface area (Å²) < 4.78 is 0. The lowest BCUT2D eigenvalue weighted by Gasteiger charge is -2.16. The average Bonchev–Trinajstić information content (AvgIpc) is 2.39. The van der Waals surface area contributed by atoms with Crippen LogP contribution in [0.4, 0.5) is 0 Å². The van der Waals surface area contributed by atoms with Crippen molar-refractivity contribution in [2.24, 2.45) is 17.6 Å². The molecular formula is C15H22N2O3. The molecule has 4 N–H and O–H groups in total. The van der Waals surface area contributed by atoms with E-state index in [1.54, 1.807) is 12.1 Å². The van der Waals surface area contributed by atoms with Crippen molar-refractivity contribution in [2.75, 3.05) is 13.1 Å². The molecule has 0 saturated carbocycles. The molecule has 0 saturated heterocycles. The van der Waals surface area contributed by atoms with E-state index in [0.29, 0.717) is 12.1 Å². The van der Waals surface area contributed by atoms with Gasteiger partial charge in [-0.1, -0.05) is 26.0 Å². The molecule has 110 valence electrons. The van der Waals surface area contributed by atoms with E-state index in [1.807, 2.05) is 26.0 Å². The highest BCUT2D eigenvalue weighted by Gasteiger charge is 2.22. The third-order valence-corrected chi connectivity index (χ3v) is 3.25. The van der Waals surface area contributed by atoms with Crippen molar-refractivity contribution in [3.8, 4) is 0 Å². The fourth-order valence-corrected chi connectivity index (χ4v) is 1.90. The molecule has 20 heavy (non-hydrogen) atoms. The van der Waals surface area contributed by atoms with E-state index in [-0.39, 0.29) is 18.4 Å². The third-order valence-electron chi connectivity index (χ3n) is 3.25. The van der Waals surface area contributed by atoms with Crippen molar-refractivity contribution in [3.63, 3.8) is 0 Å². The van der Waals surface area contributed by atoms with Gasteiger partial charge in [0.1, 0.15) is 0 Å². The minimum Gasteiger partial charge on any atom is -0.481 e. The van der Waals surface area contributed by atoms with Crippen molar-refractivity contribution in [1.82, 2.24) is 5.32 Å². The summed E-state index contributed by atoms with van der Waals surface area (Å²) in [4.78, 5) is 23.0. The standard InChI is InChI=1S/C15H22N2O3/c1-10(2)13(15(19)20)9-17-14(18)12-5-3-11(4-6-12)7-8-16/h3-6,10,13H,7-9,16H2,1-2H3,(H,17,18)(H,19,20). The number of rotatable bonds is 7. The smallest absolute Gasteiger partial charge is 0.308 e. The molecule has 0 heterocycles. The van der Waals surface area contributed by atoms with Crippen LogP contribution >= 0.6 is 0 Å². The van der Waals surface area contributed by atoms with Crippen LogP contribution in [0.15, 0.2) is 24.3 Å². The fraction of sp³-hybridized carbons (Fsp3) is 0.467. The van der Waals surface area contributed by atoms with Gasteiger partial charge < -0.3 is 16.2 Å². The second kappa shape index (κ2) is 7.65. The summed E-state index contributed by atoms with van der Waals surface area (Å²) in [6.45, 7) is 4.36. The first-order chi connectivity index (χ1) is 9.45. The minimum atomic E-state index is -0.890. The second-order valence-corrected chi connectivity index (χ2v) is 5.13. The minimum absolute atomic E-state index is 0.0280. The van der Waals surface area contributed by atoms with Crippen LogP contribution in [0.5, 0.6) is 0 Å². The van der Waals surface area contributed by atoms with E-state index in [4.69, 9.17) is 10.8 Å². The van der Waals surface area contributed by atoms with Gasteiger partial charge in [-0.2, -0.15) is 0 Å². The molecule has 1 aromatic rings. The monoisotopic (exact) mass is 278 g/mol. The zero-order valence-electron chi connectivity index (χ0n) is 11.9. The van der Waals surface area contributed by atoms with Crippen LogP contribution in [0, 0.1) is 11.8 Å². The third kappa shape index (κ3) is 4.66. The van der Waals surface area contributed by atoms with E-state index < -0.39 is 11.9 Å². The Balaban J connectivity index is 2.60. The van der Waals surface area contributed by atoms with Gasteiger partial charge in [-0.25, -0.2) is 0 Å². The summed E-state index contributed by atoms with van der Waals surface area (Å²) in [5.41, 5.74) is 7.07. The lowest BCUT2D eigenvalue weighted by atomic mass is 9.96. The van der Waals surface area contributed by atoms with E-state index in [2.05, 4.69) is 5.32 Å². The highest BCUT2D eigenvalue weighted by atomic mass is 16.4. The van der Waals surface area contributed by atoms with Crippen molar-refractivity contribution >= 4 is 11.9 Å². The van der Waals surface area contributed by atoms with Gasteiger partial charge in [0.25, 0.3) is 5.91 Å². The summed E-state index contributed by atoms with van der Waals surface area (Å²) in [7, 11) is 0. The Bertz CT molecular complexity index is 455. The highest BCUT2D eigenvalue weighted by molar-refractivity contribution is 5.94.